The van der Waals surface area contributed by atoms with Crippen LogP contribution in [0, 0.1) is 12.8 Å². The van der Waals surface area contributed by atoms with E-state index in [1.807, 2.05) is 25.1 Å². The minimum atomic E-state index is -0.291. The summed E-state index contributed by atoms with van der Waals surface area (Å²) in [6.07, 6.45) is 5.66. The van der Waals surface area contributed by atoms with Gasteiger partial charge in [-0.15, -0.1) is 0 Å². The van der Waals surface area contributed by atoms with E-state index in [1.54, 1.807) is 0 Å². The van der Waals surface area contributed by atoms with Crippen molar-refractivity contribution in [2.75, 3.05) is 5.32 Å². The number of amides is 1. The van der Waals surface area contributed by atoms with E-state index in [2.05, 4.69) is 5.32 Å². The summed E-state index contributed by atoms with van der Waals surface area (Å²) >= 11 is 0. The van der Waals surface area contributed by atoms with E-state index in [4.69, 9.17) is 4.74 Å². The predicted molar refractivity (Wildman–Crippen MR) is 70.8 cm³/mol. The first-order valence-corrected chi connectivity index (χ1v) is 6.82. The summed E-state index contributed by atoms with van der Waals surface area (Å²) in [5.74, 6) is 1.23. The molecule has 0 radical (unpaired) electrons. The van der Waals surface area contributed by atoms with Gasteiger partial charge in [0.15, 0.2) is 6.10 Å². The fraction of sp³-hybridized carbons (Fsp3) is 0.533. The predicted octanol–water partition coefficient (Wildman–Crippen LogP) is 3.27. The zero-order valence-electron chi connectivity index (χ0n) is 10.7. The molecule has 0 saturated heterocycles. The minimum Gasteiger partial charge on any atom is -0.478 e. The van der Waals surface area contributed by atoms with Gasteiger partial charge in [0.1, 0.15) is 5.75 Å². The number of hydrogen-bond donors (Lipinski definition) is 1. The molecule has 0 bridgehead atoms. The first-order chi connectivity index (χ1) is 8.74. The molecule has 3 heteroatoms. The van der Waals surface area contributed by atoms with Crippen LogP contribution in [0.2, 0.25) is 0 Å². The van der Waals surface area contributed by atoms with E-state index in [1.165, 1.54) is 19.3 Å². The largest absolute Gasteiger partial charge is 0.478 e. The van der Waals surface area contributed by atoms with Crippen LogP contribution in [0.1, 0.15) is 37.7 Å². The second kappa shape index (κ2) is 4.63. The minimum absolute atomic E-state index is 0.0278. The van der Waals surface area contributed by atoms with Crippen LogP contribution in [0.25, 0.3) is 0 Å². The van der Waals surface area contributed by atoms with Crippen molar-refractivity contribution < 1.29 is 9.53 Å². The van der Waals surface area contributed by atoms with Gasteiger partial charge in [-0.25, -0.2) is 0 Å². The molecule has 1 saturated carbocycles. The second-order valence-corrected chi connectivity index (χ2v) is 5.43. The van der Waals surface area contributed by atoms with Crippen molar-refractivity contribution >= 4 is 11.6 Å². The van der Waals surface area contributed by atoms with Gasteiger partial charge < -0.3 is 10.1 Å². The van der Waals surface area contributed by atoms with Crippen molar-refractivity contribution in [1.29, 1.82) is 0 Å². The van der Waals surface area contributed by atoms with Crippen LogP contribution in [0.15, 0.2) is 18.2 Å². The van der Waals surface area contributed by atoms with Crippen molar-refractivity contribution in [1.82, 2.24) is 0 Å². The molecule has 1 aliphatic heterocycles. The SMILES string of the molecule is Cc1ccc2c(c1)NC(=O)C(C1CCCCC1)O2. The number of carbonyl (C=O) groups excluding carboxylic acids is 1. The Bertz CT molecular complexity index is 464. The van der Waals surface area contributed by atoms with E-state index in [9.17, 15) is 4.79 Å². The van der Waals surface area contributed by atoms with Gasteiger partial charge in [0, 0.05) is 5.92 Å². The Balaban J connectivity index is 1.82. The van der Waals surface area contributed by atoms with Crippen LogP contribution in [0.4, 0.5) is 5.69 Å². The summed E-state index contributed by atoms with van der Waals surface area (Å²) in [6.45, 7) is 2.01. The molecular weight excluding hydrogens is 226 g/mol. The van der Waals surface area contributed by atoms with Crippen molar-refractivity contribution in [3.63, 3.8) is 0 Å². The molecule has 1 aromatic carbocycles. The number of fused-ring (bicyclic) bond motifs is 1. The highest BCUT2D eigenvalue weighted by molar-refractivity contribution is 5.98. The van der Waals surface area contributed by atoms with Gasteiger partial charge in [0.25, 0.3) is 5.91 Å². The van der Waals surface area contributed by atoms with Crippen molar-refractivity contribution in [2.24, 2.45) is 5.92 Å². The number of rotatable bonds is 1. The normalized spacial score (nSPS) is 24.1. The Labute approximate surface area is 108 Å². The fourth-order valence-corrected chi connectivity index (χ4v) is 2.99. The van der Waals surface area contributed by atoms with Gasteiger partial charge >= 0.3 is 0 Å². The van der Waals surface area contributed by atoms with Crippen LogP contribution in [0.5, 0.6) is 5.75 Å². The fourth-order valence-electron chi connectivity index (χ4n) is 2.99. The van der Waals surface area contributed by atoms with Gasteiger partial charge in [-0.05, 0) is 37.5 Å². The smallest absolute Gasteiger partial charge is 0.265 e. The summed E-state index contributed by atoms with van der Waals surface area (Å²) in [5, 5.41) is 2.98. The lowest BCUT2D eigenvalue weighted by Gasteiger charge is -2.33. The third kappa shape index (κ3) is 2.09. The third-order valence-corrected chi connectivity index (χ3v) is 3.98. The Hall–Kier alpha value is -1.51. The highest BCUT2D eigenvalue weighted by atomic mass is 16.5. The van der Waals surface area contributed by atoms with Crippen molar-refractivity contribution in [2.45, 2.75) is 45.1 Å². The number of ether oxygens (including phenoxy) is 1. The molecule has 1 fully saturated rings. The number of nitrogens with one attached hydrogen (secondary N) is 1. The Morgan fingerprint density at radius 2 is 2.00 bits per heavy atom. The van der Waals surface area contributed by atoms with E-state index in [0.717, 1.165) is 29.8 Å². The van der Waals surface area contributed by atoms with Gasteiger partial charge in [0.05, 0.1) is 5.69 Å². The van der Waals surface area contributed by atoms with Crippen LogP contribution >= 0.6 is 0 Å². The van der Waals surface area contributed by atoms with Gasteiger partial charge in [-0.3, -0.25) is 4.79 Å². The molecule has 96 valence electrons. The molecule has 1 amide bonds. The Morgan fingerprint density at radius 1 is 1.22 bits per heavy atom. The van der Waals surface area contributed by atoms with Crippen molar-refractivity contribution in [3.05, 3.63) is 23.8 Å². The molecule has 0 spiro atoms. The highest BCUT2D eigenvalue weighted by Crippen LogP contribution is 2.36. The Kier molecular flexibility index (Phi) is 2.98. The molecule has 1 aliphatic carbocycles. The maximum absolute atomic E-state index is 12.1. The van der Waals surface area contributed by atoms with E-state index in [0.29, 0.717) is 5.92 Å². The zero-order valence-corrected chi connectivity index (χ0v) is 10.7. The average Bonchev–Trinajstić information content (AvgIpc) is 2.39. The van der Waals surface area contributed by atoms with Gasteiger partial charge in [-0.2, -0.15) is 0 Å². The number of carbonyl (C=O) groups is 1. The second-order valence-electron chi connectivity index (χ2n) is 5.43. The zero-order chi connectivity index (χ0) is 12.5. The molecule has 1 heterocycles. The van der Waals surface area contributed by atoms with Crippen LogP contribution < -0.4 is 10.1 Å². The molecule has 3 rings (SSSR count). The number of aryl methyl sites for hydroxylation is 1. The molecule has 1 aromatic rings. The standard InChI is InChI=1S/C15H19NO2/c1-10-7-8-13-12(9-10)16-15(17)14(18-13)11-5-3-2-4-6-11/h7-9,11,14H,2-6H2,1H3,(H,16,17). The first kappa shape index (κ1) is 11.6. The van der Waals surface area contributed by atoms with Crippen LogP contribution in [-0.2, 0) is 4.79 Å². The maximum Gasteiger partial charge on any atom is 0.265 e. The molecule has 3 nitrogen and oxygen atoms in total. The van der Waals surface area contributed by atoms with E-state index in [-0.39, 0.29) is 12.0 Å². The first-order valence-electron chi connectivity index (χ1n) is 6.82. The number of hydrogen-bond acceptors (Lipinski definition) is 2. The molecule has 18 heavy (non-hydrogen) atoms. The summed E-state index contributed by atoms with van der Waals surface area (Å²) in [4.78, 5) is 12.1. The summed E-state index contributed by atoms with van der Waals surface area (Å²) in [7, 11) is 0. The lowest BCUT2D eigenvalue weighted by atomic mass is 9.84. The molecule has 1 atom stereocenters. The lowest BCUT2D eigenvalue weighted by molar-refractivity contribution is -0.126. The lowest BCUT2D eigenvalue weighted by Crippen LogP contribution is -2.43. The van der Waals surface area contributed by atoms with Crippen LogP contribution in [-0.4, -0.2) is 12.0 Å². The topological polar surface area (TPSA) is 38.3 Å². The molecule has 1 unspecified atom stereocenters. The van der Waals surface area contributed by atoms with E-state index >= 15 is 0 Å². The maximum atomic E-state index is 12.1. The molecule has 2 aliphatic rings. The number of anilines is 1. The van der Waals surface area contributed by atoms with Gasteiger partial charge in [-0.1, -0.05) is 25.3 Å². The number of benzene rings is 1. The molecule has 0 aromatic heterocycles. The van der Waals surface area contributed by atoms with Crippen LogP contribution in [0.3, 0.4) is 0 Å². The summed E-state index contributed by atoms with van der Waals surface area (Å²) < 4.78 is 5.93. The molecule has 1 N–H and O–H groups in total. The average molecular weight is 245 g/mol. The summed E-state index contributed by atoms with van der Waals surface area (Å²) in [6, 6.07) is 5.94. The van der Waals surface area contributed by atoms with Gasteiger partial charge in [0.2, 0.25) is 0 Å². The van der Waals surface area contributed by atoms with Crippen molar-refractivity contribution in [3.8, 4) is 5.75 Å². The quantitative estimate of drug-likeness (QED) is 0.824. The molecular formula is C15H19NO2. The Morgan fingerprint density at radius 3 is 2.78 bits per heavy atom. The highest BCUT2D eigenvalue weighted by Gasteiger charge is 2.35. The third-order valence-electron chi connectivity index (χ3n) is 3.98. The summed E-state index contributed by atoms with van der Waals surface area (Å²) in [5.41, 5.74) is 1.95. The van der Waals surface area contributed by atoms with E-state index < -0.39 is 0 Å². The monoisotopic (exact) mass is 245 g/mol.